The highest BCUT2D eigenvalue weighted by molar-refractivity contribution is 7.13. The third-order valence-corrected chi connectivity index (χ3v) is 3.50. The van der Waals surface area contributed by atoms with Crippen molar-refractivity contribution in [3.63, 3.8) is 0 Å². The van der Waals surface area contributed by atoms with Crippen LogP contribution in [-0.2, 0) is 0 Å². The maximum atomic E-state index is 12.4. The van der Waals surface area contributed by atoms with Crippen LogP contribution in [0.15, 0.2) is 23.7 Å². The highest BCUT2D eigenvalue weighted by atomic mass is 32.1. The van der Waals surface area contributed by atoms with E-state index in [0.717, 1.165) is 0 Å². The minimum atomic E-state index is -0.267. The highest BCUT2D eigenvalue weighted by Gasteiger charge is 2.13. The molecule has 1 amide bonds. The predicted octanol–water partition coefficient (Wildman–Crippen LogP) is 3.86. The number of nitrogens with one attached hydrogen (secondary N) is 1. The van der Waals surface area contributed by atoms with E-state index in [1.165, 1.54) is 11.3 Å². The zero-order valence-electron chi connectivity index (χ0n) is 14.4. The summed E-state index contributed by atoms with van der Waals surface area (Å²) in [5.74, 6) is 1.75. The van der Waals surface area contributed by atoms with Crippen LogP contribution in [0.25, 0.3) is 0 Å². The van der Waals surface area contributed by atoms with Gasteiger partial charge < -0.3 is 9.47 Å². The molecule has 2 aromatic rings. The van der Waals surface area contributed by atoms with E-state index in [0.29, 0.717) is 47.2 Å². The molecule has 0 radical (unpaired) electrons. The topological polar surface area (TPSA) is 73.3 Å². The maximum absolute atomic E-state index is 12.4. The van der Waals surface area contributed by atoms with E-state index in [2.05, 4.69) is 43.2 Å². The van der Waals surface area contributed by atoms with Crippen LogP contribution in [0.3, 0.4) is 0 Å². The van der Waals surface area contributed by atoms with E-state index in [9.17, 15) is 4.79 Å². The highest BCUT2D eigenvalue weighted by Crippen LogP contribution is 2.25. The quantitative estimate of drug-likeness (QED) is 0.783. The molecule has 0 bridgehead atoms. The fourth-order valence-corrected chi connectivity index (χ4v) is 2.23. The lowest BCUT2D eigenvalue weighted by atomic mass is 10.1. The standard InChI is InChI=1S/C17H23N3O3S/c1-11(2)8-22-14-5-13(6-15(7-14)23-9-12(3)4)16(21)19-17-20-18-10-24-17/h5-7,10-12H,8-9H2,1-4H3,(H,19,20,21). The second kappa shape index (κ2) is 8.63. The van der Waals surface area contributed by atoms with E-state index in [-0.39, 0.29) is 5.91 Å². The molecule has 1 aromatic carbocycles. The van der Waals surface area contributed by atoms with Crippen molar-refractivity contribution < 1.29 is 14.3 Å². The molecule has 1 heterocycles. The van der Waals surface area contributed by atoms with Crippen LogP contribution in [-0.4, -0.2) is 29.3 Å². The van der Waals surface area contributed by atoms with Gasteiger partial charge in [0.15, 0.2) is 0 Å². The van der Waals surface area contributed by atoms with Crippen LogP contribution in [0.5, 0.6) is 11.5 Å². The zero-order chi connectivity index (χ0) is 17.5. The number of amides is 1. The van der Waals surface area contributed by atoms with Crippen molar-refractivity contribution in [1.82, 2.24) is 10.2 Å². The lowest BCUT2D eigenvalue weighted by molar-refractivity contribution is 0.102. The third kappa shape index (κ3) is 5.81. The second-order valence-electron chi connectivity index (χ2n) is 6.30. The van der Waals surface area contributed by atoms with Crippen LogP contribution in [0, 0.1) is 11.8 Å². The van der Waals surface area contributed by atoms with Crippen LogP contribution in [0.2, 0.25) is 0 Å². The molecule has 24 heavy (non-hydrogen) atoms. The van der Waals surface area contributed by atoms with Crippen LogP contribution in [0.4, 0.5) is 5.13 Å². The number of rotatable bonds is 8. The number of benzene rings is 1. The molecule has 0 unspecified atom stereocenters. The van der Waals surface area contributed by atoms with Crippen molar-refractivity contribution >= 4 is 22.4 Å². The summed E-state index contributed by atoms with van der Waals surface area (Å²) in [5.41, 5.74) is 2.03. The van der Waals surface area contributed by atoms with E-state index in [4.69, 9.17) is 9.47 Å². The first-order valence-electron chi connectivity index (χ1n) is 7.92. The SMILES string of the molecule is CC(C)COc1cc(OCC(C)C)cc(C(=O)Nc2nncs2)c1. The van der Waals surface area contributed by atoms with Gasteiger partial charge in [-0.1, -0.05) is 39.0 Å². The molecule has 1 aromatic heterocycles. The molecule has 0 aliphatic heterocycles. The molecule has 0 aliphatic rings. The molecule has 7 heteroatoms. The Kier molecular flexibility index (Phi) is 6.54. The van der Waals surface area contributed by atoms with Crippen molar-refractivity contribution in [3.05, 3.63) is 29.3 Å². The fraction of sp³-hybridized carbons (Fsp3) is 0.471. The minimum absolute atomic E-state index is 0.267. The number of hydrogen-bond acceptors (Lipinski definition) is 6. The summed E-state index contributed by atoms with van der Waals surface area (Å²) in [6.45, 7) is 9.44. The van der Waals surface area contributed by atoms with Gasteiger partial charge in [-0.25, -0.2) is 0 Å². The Morgan fingerprint density at radius 3 is 2.12 bits per heavy atom. The molecular weight excluding hydrogens is 326 g/mol. The summed E-state index contributed by atoms with van der Waals surface area (Å²) in [4.78, 5) is 12.4. The number of aromatic nitrogens is 2. The van der Waals surface area contributed by atoms with Gasteiger partial charge in [0.25, 0.3) is 5.91 Å². The normalized spacial score (nSPS) is 10.9. The van der Waals surface area contributed by atoms with Gasteiger partial charge in [-0.3, -0.25) is 10.1 Å². The van der Waals surface area contributed by atoms with Crippen molar-refractivity contribution in [1.29, 1.82) is 0 Å². The Labute approximate surface area is 146 Å². The number of ether oxygens (including phenoxy) is 2. The van der Waals surface area contributed by atoms with Gasteiger partial charge in [0, 0.05) is 11.6 Å². The van der Waals surface area contributed by atoms with Crippen molar-refractivity contribution in [2.24, 2.45) is 11.8 Å². The predicted molar refractivity (Wildman–Crippen MR) is 95.0 cm³/mol. The van der Waals surface area contributed by atoms with E-state index < -0.39 is 0 Å². The summed E-state index contributed by atoms with van der Waals surface area (Å²) in [7, 11) is 0. The monoisotopic (exact) mass is 349 g/mol. The van der Waals surface area contributed by atoms with Crippen LogP contribution in [0.1, 0.15) is 38.1 Å². The van der Waals surface area contributed by atoms with Crippen LogP contribution < -0.4 is 14.8 Å². The van der Waals surface area contributed by atoms with Gasteiger partial charge in [-0.2, -0.15) is 0 Å². The molecule has 2 rings (SSSR count). The molecule has 0 aliphatic carbocycles. The van der Waals surface area contributed by atoms with Gasteiger partial charge in [0.2, 0.25) is 5.13 Å². The van der Waals surface area contributed by atoms with Gasteiger partial charge in [-0.15, -0.1) is 10.2 Å². The third-order valence-electron chi connectivity index (χ3n) is 2.89. The number of carbonyl (C=O) groups excluding carboxylic acids is 1. The van der Waals surface area contributed by atoms with E-state index in [1.54, 1.807) is 17.6 Å². The minimum Gasteiger partial charge on any atom is -0.493 e. The van der Waals surface area contributed by atoms with Crippen molar-refractivity contribution in [3.8, 4) is 11.5 Å². The summed E-state index contributed by atoms with van der Waals surface area (Å²) in [5, 5.41) is 10.7. The molecule has 6 nitrogen and oxygen atoms in total. The summed E-state index contributed by atoms with van der Waals surface area (Å²) in [6.07, 6.45) is 0. The first kappa shape index (κ1) is 18.2. The number of hydrogen-bond donors (Lipinski definition) is 1. The molecule has 130 valence electrons. The number of carbonyl (C=O) groups is 1. The Balaban J connectivity index is 2.18. The van der Waals surface area contributed by atoms with Crippen LogP contribution >= 0.6 is 11.3 Å². The Bertz CT molecular complexity index is 627. The summed E-state index contributed by atoms with van der Waals surface area (Å²) >= 11 is 1.27. The average molecular weight is 349 g/mol. The zero-order valence-corrected chi connectivity index (χ0v) is 15.2. The first-order valence-corrected chi connectivity index (χ1v) is 8.80. The summed E-state index contributed by atoms with van der Waals surface area (Å²) < 4.78 is 11.5. The lowest BCUT2D eigenvalue weighted by Crippen LogP contribution is -2.13. The molecular formula is C17H23N3O3S. The summed E-state index contributed by atoms with van der Waals surface area (Å²) in [6, 6.07) is 5.23. The molecule has 0 spiro atoms. The average Bonchev–Trinajstić information content (AvgIpc) is 3.03. The van der Waals surface area contributed by atoms with Gasteiger partial charge in [-0.05, 0) is 24.0 Å². The molecule has 0 saturated heterocycles. The van der Waals surface area contributed by atoms with E-state index in [1.807, 2.05) is 6.07 Å². The lowest BCUT2D eigenvalue weighted by Gasteiger charge is -2.14. The smallest absolute Gasteiger partial charge is 0.257 e. The fourth-order valence-electron chi connectivity index (χ4n) is 1.79. The molecule has 0 saturated carbocycles. The number of anilines is 1. The number of nitrogens with zero attached hydrogens (tertiary/aromatic N) is 2. The molecule has 0 atom stereocenters. The Morgan fingerprint density at radius 1 is 1.08 bits per heavy atom. The largest absolute Gasteiger partial charge is 0.493 e. The van der Waals surface area contributed by atoms with Crippen molar-refractivity contribution in [2.45, 2.75) is 27.7 Å². The first-order chi connectivity index (χ1) is 11.4. The second-order valence-corrected chi connectivity index (χ2v) is 7.13. The van der Waals surface area contributed by atoms with E-state index >= 15 is 0 Å². The Hall–Kier alpha value is -2.15. The van der Waals surface area contributed by atoms with Gasteiger partial charge in [0.1, 0.15) is 17.0 Å². The molecule has 1 N–H and O–H groups in total. The van der Waals surface area contributed by atoms with Crippen molar-refractivity contribution in [2.75, 3.05) is 18.5 Å². The maximum Gasteiger partial charge on any atom is 0.257 e. The molecule has 0 fully saturated rings. The van der Waals surface area contributed by atoms with Gasteiger partial charge >= 0.3 is 0 Å². The Morgan fingerprint density at radius 2 is 1.67 bits per heavy atom. The van der Waals surface area contributed by atoms with Gasteiger partial charge in [0.05, 0.1) is 13.2 Å².